The number of halogens is 3. The number of thiazole rings is 1. The Labute approximate surface area is 227 Å². The van der Waals surface area contributed by atoms with E-state index in [4.69, 9.17) is 32.4 Å². The highest BCUT2D eigenvalue weighted by atomic mass is 35.5. The van der Waals surface area contributed by atoms with Gasteiger partial charge >= 0.3 is 0 Å². The summed E-state index contributed by atoms with van der Waals surface area (Å²) in [6, 6.07) is 11.0. The number of fused-ring (bicyclic) bond motifs is 2. The van der Waals surface area contributed by atoms with Crippen LogP contribution in [0.25, 0.3) is 21.2 Å². The van der Waals surface area contributed by atoms with Gasteiger partial charge in [-0.3, -0.25) is 19.5 Å². The number of hydrogen-bond donors (Lipinski definition) is 1. The lowest BCUT2D eigenvalue weighted by Crippen LogP contribution is -2.31. The van der Waals surface area contributed by atoms with Gasteiger partial charge in [0.1, 0.15) is 11.9 Å². The summed E-state index contributed by atoms with van der Waals surface area (Å²) in [6.45, 7) is 0. The van der Waals surface area contributed by atoms with Gasteiger partial charge in [-0.05, 0) is 36.4 Å². The van der Waals surface area contributed by atoms with Crippen LogP contribution in [0.3, 0.4) is 0 Å². The first-order valence-electron chi connectivity index (χ1n) is 11.0. The molecule has 0 aliphatic carbocycles. The highest BCUT2D eigenvalue weighted by Crippen LogP contribution is 2.44. The number of aromatic nitrogens is 2. The minimum absolute atomic E-state index is 0.120. The van der Waals surface area contributed by atoms with Crippen LogP contribution in [0, 0.1) is 5.82 Å². The third-order valence-corrected chi connectivity index (χ3v) is 7.56. The van der Waals surface area contributed by atoms with E-state index in [1.165, 1.54) is 37.6 Å². The fourth-order valence-corrected chi connectivity index (χ4v) is 5.72. The number of ketones is 1. The van der Waals surface area contributed by atoms with Crippen molar-refractivity contribution in [2.45, 2.75) is 6.04 Å². The van der Waals surface area contributed by atoms with Crippen LogP contribution in [0.15, 0.2) is 70.5 Å². The number of rotatable bonds is 5. The molecule has 5 aromatic rings. The van der Waals surface area contributed by atoms with E-state index in [2.05, 4.69) is 9.97 Å². The van der Waals surface area contributed by atoms with Crippen molar-refractivity contribution in [3.63, 3.8) is 0 Å². The Hall–Kier alpha value is -3.99. The molecule has 8 nitrogen and oxygen atoms in total. The van der Waals surface area contributed by atoms with E-state index >= 15 is 0 Å². The minimum Gasteiger partial charge on any atom is -0.503 e. The number of aliphatic hydroxyl groups excluding tert-OH is 1. The second-order valence-corrected chi connectivity index (χ2v) is 10.1. The number of nitrogens with zero attached hydrogens (tertiary/aromatic N) is 3. The molecule has 1 amide bonds. The summed E-state index contributed by atoms with van der Waals surface area (Å²) in [5.41, 5.74) is 0.681. The third kappa shape index (κ3) is 3.80. The van der Waals surface area contributed by atoms with Crippen molar-refractivity contribution in [3.05, 3.63) is 93.4 Å². The van der Waals surface area contributed by atoms with Crippen molar-refractivity contribution in [1.29, 1.82) is 0 Å². The second kappa shape index (κ2) is 9.09. The summed E-state index contributed by atoms with van der Waals surface area (Å²) in [7, 11) is 1.44. The molecule has 12 heteroatoms. The van der Waals surface area contributed by atoms with Crippen LogP contribution in [0.5, 0.6) is 5.75 Å². The van der Waals surface area contributed by atoms with Crippen molar-refractivity contribution < 1.29 is 28.2 Å². The number of anilines is 1. The van der Waals surface area contributed by atoms with Gasteiger partial charge < -0.3 is 14.3 Å². The van der Waals surface area contributed by atoms with Crippen molar-refractivity contribution in [2.75, 3.05) is 12.0 Å². The number of aliphatic hydroxyl groups is 1. The molecule has 0 bridgehead atoms. The van der Waals surface area contributed by atoms with E-state index in [1.54, 1.807) is 24.3 Å². The number of furan rings is 1. The second-order valence-electron chi connectivity index (χ2n) is 8.29. The van der Waals surface area contributed by atoms with Crippen LogP contribution in [0.2, 0.25) is 10.0 Å². The molecule has 6 rings (SSSR count). The quantitative estimate of drug-likeness (QED) is 0.235. The van der Waals surface area contributed by atoms with Crippen molar-refractivity contribution in [1.82, 2.24) is 9.97 Å². The standard InChI is InChI=1S/C26H14Cl2FN3O5S/c1-36-18-8-12(27)6-11-7-17(37-24(11)18)22(33)20-21(15-4-2-3-5-30-15)32(25(35)23(20)34)26-31-16-9-13(28)14(29)10-19(16)38-26/h2-10,21,34H,1H3. The third-order valence-electron chi connectivity index (χ3n) is 6.04. The van der Waals surface area contributed by atoms with E-state index in [1.807, 2.05) is 0 Å². The van der Waals surface area contributed by atoms with Crippen LogP contribution in [-0.4, -0.2) is 33.9 Å². The predicted octanol–water partition coefficient (Wildman–Crippen LogP) is 6.67. The number of Topliss-reactive ketones (excluding diaryl/α,β-unsaturated/α-hetero) is 1. The topological polar surface area (TPSA) is 106 Å². The predicted molar refractivity (Wildman–Crippen MR) is 141 cm³/mol. The Morgan fingerprint density at radius 3 is 2.76 bits per heavy atom. The van der Waals surface area contributed by atoms with Crippen molar-refractivity contribution in [3.8, 4) is 5.75 Å². The Morgan fingerprint density at radius 2 is 2.03 bits per heavy atom. The van der Waals surface area contributed by atoms with E-state index < -0.39 is 29.3 Å². The molecule has 0 saturated carbocycles. The summed E-state index contributed by atoms with van der Waals surface area (Å²) >= 11 is 13.1. The largest absolute Gasteiger partial charge is 0.503 e. The maximum atomic E-state index is 14.1. The Balaban J connectivity index is 1.50. The molecule has 0 radical (unpaired) electrons. The smallest absolute Gasteiger partial charge is 0.296 e. The molecular weight excluding hydrogens is 556 g/mol. The average Bonchev–Trinajstić information content (AvgIpc) is 3.58. The minimum atomic E-state index is -1.14. The molecule has 2 aromatic carbocycles. The highest BCUT2D eigenvalue weighted by molar-refractivity contribution is 7.22. The fraction of sp³-hybridized carbons (Fsp3) is 0.0769. The first-order valence-corrected chi connectivity index (χ1v) is 12.6. The highest BCUT2D eigenvalue weighted by Gasteiger charge is 2.47. The zero-order chi connectivity index (χ0) is 26.7. The molecule has 1 atom stereocenters. The monoisotopic (exact) mass is 569 g/mol. The summed E-state index contributed by atoms with van der Waals surface area (Å²) in [6.07, 6.45) is 1.50. The normalized spacial score (nSPS) is 15.7. The molecule has 38 heavy (non-hydrogen) atoms. The Morgan fingerprint density at radius 1 is 1.21 bits per heavy atom. The zero-order valence-electron chi connectivity index (χ0n) is 19.2. The number of carbonyl (C=O) groups is 2. The summed E-state index contributed by atoms with van der Waals surface area (Å²) < 4.78 is 25.6. The lowest BCUT2D eigenvalue weighted by molar-refractivity contribution is -0.117. The number of pyridine rings is 1. The number of amides is 1. The van der Waals surface area contributed by atoms with Crippen molar-refractivity contribution >= 4 is 72.5 Å². The van der Waals surface area contributed by atoms with Gasteiger partial charge in [0.2, 0.25) is 5.78 Å². The molecule has 190 valence electrons. The summed E-state index contributed by atoms with van der Waals surface area (Å²) in [4.78, 5) is 37.1. The molecular formula is C26H14Cl2FN3O5S. The first-order chi connectivity index (χ1) is 18.3. The maximum Gasteiger partial charge on any atom is 0.296 e. The lowest BCUT2D eigenvalue weighted by Gasteiger charge is -2.23. The van der Waals surface area contributed by atoms with Crippen LogP contribution in [0.1, 0.15) is 22.3 Å². The van der Waals surface area contributed by atoms with Gasteiger partial charge in [0.15, 0.2) is 28.0 Å². The van der Waals surface area contributed by atoms with Gasteiger partial charge in [0.05, 0.1) is 33.6 Å². The number of benzene rings is 2. The molecule has 0 saturated heterocycles. The van der Waals surface area contributed by atoms with Crippen LogP contribution < -0.4 is 9.64 Å². The van der Waals surface area contributed by atoms with Gasteiger partial charge in [-0.1, -0.05) is 40.6 Å². The summed E-state index contributed by atoms with van der Waals surface area (Å²) in [5, 5.41) is 11.9. The van der Waals surface area contributed by atoms with Gasteiger partial charge in [-0.15, -0.1) is 0 Å². The number of hydrogen-bond acceptors (Lipinski definition) is 8. The average molecular weight is 570 g/mol. The molecule has 4 heterocycles. The van der Waals surface area contributed by atoms with E-state index in [9.17, 15) is 19.1 Å². The Kier molecular flexibility index (Phi) is 5.82. The zero-order valence-corrected chi connectivity index (χ0v) is 21.6. The van der Waals surface area contributed by atoms with Crippen LogP contribution in [-0.2, 0) is 4.79 Å². The first kappa shape index (κ1) is 24.4. The van der Waals surface area contributed by atoms with E-state index in [-0.39, 0.29) is 27.1 Å². The van der Waals surface area contributed by atoms with Crippen LogP contribution in [0.4, 0.5) is 9.52 Å². The molecule has 0 spiro atoms. The fourth-order valence-electron chi connectivity index (χ4n) is 4.35. The molecule has 0 fully saturated rings. The van der Waals surface area contributed by atoms with Gasteiger partial charge in [0, 0.05) is 22.7 Å². The van der Waals surface area contributed by atoms with Gasteiger partial charge in [-0.2, -0.15) is 0 Å². The van der Waals surface area contributed by atoms with Gasteiger partial charge in [-0.25, -0.2) is 9.37 Å². The Bertz CT molecular complexity index is 1780. The number of methoxy groups -OCH3 is 1. The van der Waals surface area contributed by atoms with Gasteiger partial charge in [0.25, 0.3) is 5.91 Å². The van der Waals surface area contributed by atoms with Crippen molar-refractivity contribution in [2.24, 2.45) is 0 Å². The molecule has 1 aliphatic rings. The lowest BCUT2D eigenvalue weighted by atomic mass is 9.98. The van der Waals surface area contributed by atoms with E-state index in [0.717, 1.165) is 16.2 Å². The number of ether oxygens (including phenoxy) is 1. The molecule has 1 N–H and O–H groups in total. The molecule has 1 aliphatic heterocycles. The van der Waals surface area contributed by atoms with Crippen LogP contribution >= 0.6 is 34.5 Å². The SMILES string of the molecule is COc1cc(Cl)cc2cc(C(=O)C3=C(O)C(=O)N(c4nc5cc(Cl)c(F)cc5s4)C3c3ccccn3)oc12. The summed E-state index contributed by atoms with van der Waals surface area (Å²) in [5.74, 6) is -2.85. The van der Waals surface area contributed by atoms with E-state index in [0.29, 0.717) is 32.1 Å². The molecule has 1 unspecified atom stereocenters. The number of carbonyl (C=O) groups excluding carboxylic acids is 2. The maximum absolute atomic E-state index is 14.1. The molecule has 3 aromatic heterocycles.